The van der Waals surface area contributed by atoms with E-state index in [-0.39, 0.29) is 0 Å². The zero-order valence-electron chi connectivity index (χ0n) is 12.9. The van der Waals surface area contributed by atoms with E-state index >= 15 is 0 Å². The zero-order valence-corrected chi connectivity index (χ0v) is 16.0. The van der Waals surface area contributed by atoms with Crippen LogP contribution >= 0.6 is 31.9 Å². The summed E-state index contributed by atoms with van der Waals surface area (Å²) in [5.74, 6) is 0. The number of aromatic nitrogens is 2. The van der Waals surface area contributed by atoms with Crippen molar-refractivity contribution in [3.8, 4) is 5.69 Å². The van der Waals surface area contributed by atoms with Crippen LogP contribution in [0.2, 0.25) is 0 Å². The molecule has 0 radical (unpaired) electrons. The molecule has 1 atom stereocenters. The first kappa shape index (κ1) is 16.7. The van der Waals surface area contributed by atoms with Crippen LogP contribution in [0.4, 0.5) is 0 Å². The number of hydrogen-bond donors (Lipinski definition) is 1. The van der Waals surface area contributed by atoms with Gasteiger partial charge in [-0.25, -0.2) is 4.68 Å². The minimum Gasteiger partial charge on any atom is -0.310 e. The Kier molecular flexibility index (Phi) is 5.63. The molecule has 1 aromatic carbocycles. The van der Waals surface area contributed by atoms with Gasteiger partial charge >= 0.3 is 0 Å². The molecular weight excluding hydrogens is 394 g/mol. The quantitative estimate of drug-likeness (QED) is 0.739. The fourth-order valence-corrected chi connectivity index (χ4v) is 3.11. The molecule has 1 unspecified atom stereocenters. The largest absolute Gasteiger partial charge is 0.310 e. The summed E-state index contributed by atoms with van der Waals surface area (Å²) in [6.07, 6.45) is 1.14. The molecule has 1 N–H and O–H groups in total. The van der Waals surface area contributed by atoms with E-state index in [1.165, 1.54) is 5.56 Å². The average Bonchev–Trinajstić information content (AvgIpc) is 2.72. The molecule has 0 fully saturated rings. The summed E-state index contributed by atoms with van der Waals surface area (Å²) >= 11 is 7.26. The van der Waals surface area contributed by atoms with Crippen molar-refractivity contribution in [2.75, 3.05) is 6.54 Å². The summed E-state index contributed by atoms with van der Waals surface area (Å²) in [5.41, 5.74) is 4.45. The van der Waals surface area contributed by atoms with Crippen LogP contribution in [-0.2, 0) is 0 Å². The van der Waals surface area contributed by atoms with E-state index in [1.807, 2.05) is 11.6 Å². The van der Waals surface area contributed by atoms with Crippen LogP contribution in [0.1, 0.15) is 43.3 Å². The standard InChI is InChI=1S/C16H21Br2N3/c1-5-8-19-10(2)13-6-7-15(14(17)9-13)21-12(4)16(18)11(3)20-21/h6-7,9-10,19H,5,8H2,1-4H3. The Morgan fingerprint density at radius 1 is 1.29 bits per heavy atom. The van der Waals surface area contributed by atoms with Crippen molar-refractivity contribution in [3.63, 3.8) is 0 Å². The monoisotopic (exact) mass is 413 g/mol. The number of hydrogen-bond acceptors (Lipinski definition) is 2. The van der Waals surface area contributed by atoms with Crippen molar-refractivity contribution >= 4 is 31.9 Å². The van der Waals surface area contributed by atoms with Gasteiger partial charge in [0.05, 0.1) is 21.5 Å². The van der Waals surface area contributed by atoms with Crippen molar-refractivity contribution < 1.29 is 0 Å². The van der Waals surface area contributed by atoms with Gasteiger partial charge in [0, 0.05) is 10.5 Å². The Morgan fingerprint density at radius 3 is 2.52 bits per heavy atom. The fourth-order valence-electron chi connectivity index (χ4n) is 2.30. The maximum atomic E-state index is 4.59. The van der Waals surface area contributed by atoms with Crippen LogP contribution in [-0.4, -0.2) is 16.3 Å². The molecule has 0 saturated carbocycles. The van der Waals surface area contributed by atoms with Gasteiger partial charge in [0.2, 0.25) is 0 Å². The Bertz CT molecular complexity index is 635. The lowest BCUT2D eigenvalue weighted by Gasteiger charge is -2.16. The highest BCUT2D eigenvalue weighted by molar-refractivity contribution is 9.11. The molecule has 0 aliphatic rings. The lowest BCUT2D eigenvalue weighted by Crippen LogP contribution is -2.19. The first-order chi connectivity index (χ1) is 9.95. The van der Waals surface area contributed by atoms with Crippen LogP contribution in [0.15, 0.2) is 27.1 Å². The topological polar surface area (TPSA) is 29.9 Å². The third-order valence-electron chi connectivity index (χ3n) is 3.60. The third-order valence-corrected chi connectivity index (χ3v) is 5.39. The second-order valence-corrected chi connectivity index (χ2v) is 6.93. The number of halogens is 2. The smallest absolute Gasteiger partial charge is 0.0791 e. The van der Waals surface area contributed by atoms with Crippen molar-refractivity contribution in [1.82, 2.24) is 15.1 Å². The van der Waals surface area contributed by atoms with Gasteiger partial charge in [-0.05, 0) is 83.3 Å². The first-order valence-electron chi connectivity index (χ1n) is 7.20. The molecule has 0 bridgehead atoms. The zero-order chi connectivity index (χ0) is 15.6. The molecular formula is C16H21Br2N3. The molecule has 0 aliphatic heterocycles. The highest BCUT2D eigenvalue weighted by Gasteiger charge is 2.14. The lowest BCUT2D eigenvalue weighted by molar-refractivity contribution is 0.570. The molecule has 1 aromatic heterocycles. The first-order valence-corrected chi connectivity index (χ1v) is 8.79. The molecule has 0 spiro atoms. The molecule has 1 heterocycles. The molecule has 0 aliphatic carbocycles. The molecule has 5 heteroatoms. The van der Waals surface area contributed by atoms with Gasteiger partial charge in [0.15, 0.2) is 0 Å². The molecule has 2 aromatic rings. The maximum absolute atomic E-state index is 4.59. The number of aryl methyl sites for hydroxylation is 1. The van der Waals surface area contributed by atoms with Gasteiger partial charge < -0.3 is 5.32 Å². The fraction of sp³-hybridized carbons (Fsp3) is 0.438. The predicted molar refractivity (Wildman–Crippen MR) is 95.1 cm³/mol. The predicted octanol–water partition coefficient (Wildman–Crippen LogP) is 5.07. The molecule has 0 saturated heterocycles. The van der Waals surface area contributed by atoms with E-state index in [1.54, 1.807) is 0 Å². The SMILES string of the molecule is CCCNC(C)c1ccc(-n2nc(C)c(Br)c2C)c(Br)c1. The van der Waals surface area contributed by atoms with Gasteiger partial charge in [-0.15, -0.1) is 0 Å². The van der Waals surface area contributed by atoms with Crippen LogP contribution in [0.5, 0.6) is 0 Å². The van der Waals surface area contributed by atoms with Gasteiger partial charge in [-0.1, -0.05) is 13.0 Å². The summed E-state index contributed by atoms with van der Waals surface area (Å²) in [6, 6.07) is 6.81. The van der Waals surface area contributed by atoms with E-state index in [2.05, 4.69) is 81.2 Å². The van der Waals surface area contributed by atoms with Gasteiger partial charge in [0.1, 0.15) is 0 Å². The second kappa shape index (κ2) is 7.07. The van der Waals surface area contributed by atoms with Crippen molar-refractivity contribution in [1.29, 1.82) is 0 Å². The van der Waals surface area contributed by atoms with Crippen LogP contribution < -0.4 is 5.32 Å². The van der Waals surface area contributed by atoms with Crippen LogP contribution in [0, 0.1) is 13.8 Å². The van der Waals surface area contributed by atoms with Crippen molar-refractivity contribution in [2.45, 2.75) is 40.2 Å². The molecule has 3 nitrogen and oxygen atoms in total. The number of nitrogens with zero attached hydrogens (tertiary/aromatic N) is 2. The molecule has 2 rings (SSSR count). The summed E-state index contributed by atoms with van der Waals surface area (Å²) in [6.45, 7) is 9.48. The average molecular weight is 415 g/mol. The van der Waals surface area contributed by atoms with Crippen molar-refractivity contribution in [2.24, 2.45) is 0 Å². The number of nitrogens with one attached hydrogen (secondary N) is 1. The summed E-state index contributed by atoms with van der Waals surface area (Å²) in [4.78, 5) is 0. The minimum atomic E-state index is 0.350. The van der Waals surface area contributed by atoms with E-state index in [9.17, 15) is 0 Å². The third kappa shape index (κ3) is 3.58. The van der Waals surface area contributed by atoms with Gasteiger partial charge in [0.25, 0.3) is 0 Å². The Balaban J connectivity index is 2.33. The Morgan fingerprint density at radius 2 is 2.00 bits per heavy atom. The van der Waals surface area contributed by atoms with Crippen molar-refractivity contribution in [3.05, 3.63) is 44.1 Å². The summed E-state index contributed by atoms with van der Waals surface area (Å²) in [5, 5.41) is 8.10. The maximum Gasteiger partial charge on any atom is 0.0791 e. The summed E-state index contributed by atoms with van der Waals surface area (Å²) < 4.78 is 4.09. The normalized spacial score (nSPS) is 12.7. The van der Waals surface area contributed by atoms with E-state index in [0.29, 0.717) is 6.04 Å². The molecule has 0 amide bonds. The van der Waals surface area contributed by atoms with E-state index in [4.69, 9.17) is 0 Å². The Hall–Kier alpha value is -0.650. The Labute approximate surface area is 143 Å². The highest BCUT2D eigenvalue weighted by Crippen LogP contribution is 2.29. The highest BCUT2D eigenvalue weighted by atomic mass is 79.9. The van der Waals surface area contributed by atoms with Crippen LogP contribution in [0.3, 0.4) is 0 Å². The lowest BCUT2D eigenvalue weighted by atomic mass is 10.1. The molecule has 114 valence electrons. The molecule has 21 heavy (non-hydrogen) atoms. The number of rotatable bonds is 5. The van der Waals surface area contributed by atoms with Gasteiger partial charge in [-0.3, -0.25) is 0 Å². The van der Waals surface area contributed by atoms with Gasteiger partial charge in [-0.2, -0.15) is 5.10 Å². The minimum absolute atomic E-state index is 0.350. The number of benzene rings is 1. The van der Waals surface area contributed by atoms with E-state index in [0.717, 1.165) is 39.0 Å². The van der Waals surface area contributed by atoms with E-state index < -0.39 is 0 Å². The summed E-state index contributed by atoms with van der Waals surface area (Å²) in [7, 11) is 0. The van der Waals surface area contributed by atoms with Crippen LogP contribution in [0.25, 0.3) is 5.69 Å². The second-order valence-electron chi connectivity index (χ2n) is 5.28.